The summed E-state index contributed by atoms with van der Waals surface area (Å²) in [5.74, 6) is -0.218. The zero-order valence-corrected chi connectivity index (χ0v) is 7.27. The molecule has 72 valence electrons. The summed E-state index contributed by atoms with van der Waals surface area (Å²) >= 11 is 0. The smallest absolute Gasteiger partial charge is 0.226 e. The second-order valence-electron chi connectivity index (χ2n) is 2.84. The van der Waals surface area contributed by atoms with Crippen molar-refractivity contribution in [3.63, 3.8) is 0 Å². The number of rotatable bonds is 3. The number of azide groups is 1. The van der Waals surface area contributed by atoms with Gasteiger partial charge in [0.05, 0.1) is 0 Å². The minimum atomic E-state index is -0.218. The van der Waals surface area contributed by atoms with Crippen LogP contribution in [0.25, 0.3) is 10.4 Å². The number of carbonyl (C=O) groups excluding carboxylic acids is 1. The Morgan fingerprint density at radius 2 is 2.31 bits per heavy atom. The first-order chi connectivity index (χ1) is 6.33. The van der Waals surface area contributed by atoms with Crippen molar-refractivity contribution in [1.29, 1.82) is 0 Å². The van der Waals surface area contributed by atoms with Crippen molar-refractivity contribution in [2.45, 2.75) is 18.9 Å². The van der Waals surface area contributed by atoms with Crippen LogP contribution in [0.4, 0.5) is 0 Å². The summed E-state index contributed by atoms with van der Waals surface area (Å²) in [6, 6.07) is 0.176. The number of amides is 1. The third-order valence-electron chi connectivity index (χ3n) is 1.86. The van der Waals surface area contributed by atoms with Gasteiger partial charge < -0.3 is 10.1 Å². The first-order valence-electron chi connectivity index (χ1n) is 4.21. The molecule has 0 aromatic carbocycles. The molecule has 6 heteroatoms. The topological polar surface area (TPSA) is 87.1 Å². The van der Waals surface area contributed by atoms with E-state index in [-0.39, 0.29) is 18.5 Å². The van der Waals surface area contributed by atoms with Gasteiger partial charge >= 0.3 is 0 Å². The van der Waals surface area contributed by atoms with Crippen LogP contribution in [0.2, 0.25) is 0 Å². The Kier molecular flexibility index (Phi) is 4.08. The van der Waals surface area contributed by atoms with Gasteiger partial charge in [-0.2, -0.15) is 0 Å². The van der Waals surface area contributed by atoms with Crippen LogP contribution in [-0.2, 0) is 9.53 Å². The van der Waals surface area contributed by atoms with E-state index in [1.807, 2.05) is 0 Å². The lowest BCUT2D eigenvalue weighted by Gasteiger charge is -2.22. The molecule has 0 radical (unpaired) electrons. The molecule has 6 nitrogen and oxygen atoms in total. The lowest BCUT2D eigenvalue weighted by molar-refractivity contribution is -0.120. The number of carbonyl (C=O) groups is 1. The summed E-state index contributed by atoms with van der Waals surface area (Å²) in [4.78, 5) is 13.6. The summed E-state index contributed by atoms with van der Waals surface area (Å²) in [5, 5.41) is 5.94. The standard InChI is InChI=1S/C7H12N4O2/c8-11-9-5-7(12)10-6-1-3-13-4-2-6/h6H,1-5H2,(H,10,12). The number of hydrogen-bond acceptors (Lipinski definition) is 3. The van der Waals surface area contributed by atoms with Crippen LogP contribution >= 0.6 is 0 Å². The first kappa shape index (κ1) is 9.83. The lowest BCUT2D eigenvalue weighted by Crippen LogP contribution is -2.39. The maximum Gasteiger partial charge on any atom is 0.226 e. The SMILES string of the molecule is [N-]=[N+]=NCC(=O)NC1CCOCC1. The third kappa shape index (κ3) is 3.78. The van der Waals surface area contributed by atoms with Gasteiger partial charge in [0.15, 0.2) is 0 Å². The van der Waals surface area contributed by atoms with Gasteiger partial charge in [-0.15, -0.1) is 0 Å². The highest BCUT2D eigenvalue weighted by Crippen LogP contribution is 2.05. The van der Waals surface area contributed by atoms with Gasteiger partial charge in [0.2, 0.25) is 5.91 Å². The van der Waals surface area contributed by atoms with Crippen LogP contribution in [0.3, 0.4) is 0 Å². The molecule has 13 heavy (non-hydrogen) atoms. The number of nitrogens with one attached hydrogen (secondary N) is 1. The van der Waals surface area contributed by atoms with E-state index in [1.165, 1.54) is 0 Å². The van der Waals surface area contributed by atoms with Crippen LogP contribution in [-0.4, -0.2) is 31.7 Å². The van der Waals surface area contributed by atoms with Crippen LogP contribution in [0.1, 0.15) is 12.8 Å². The summed E-state index contributed by atoms with van der Waals surface area (Å²) in [5.41, 5.74) is 7.98. The third-order valence-corrected chi connectivity index (χ3v) is 1.86. The first-order valence-corrected chi connectivity index (χ1v) is 4.21. The zero-order valence-electron chi connectivity index (χ0n) is 7.27. The van der Waals surface area contributed by atoms with E-state index in [1.54, 1.807) is 0 Å². The molecule has 0 atom stereocenters. The van der Waals surface area contributed by atoms with Gasteiger partial charge in [0.25, 0.3) is 0 Å². The lowest BCUT2D eigenvalue weighted by atomic mass is 10.1. The Hall–Kier alpha value is -1.26. The molecule has 1 N–H and O–H groups in total. The second kappa shape index (κ2) is 5.40. The highest BCUT2D eigenvalue weighted by Gasteiger charge is 2.14. The van der Waals surface area contributed by atoms with E-state index in [2.05, 4.69) is 15.3 Å². The molecule has 1 aliphatic rings. The maximum absolute atomic E-state index is 11.1. The zero-order chi connectivity index (χ0) is 9.52. The van der Waals surface area contributed by atoms with E-state index in [4.69, 9.17) is 10.3 Å². The highest BCUT2D eigenvalue weighted by molar-refractivity contribution is 5.78. The van der Waals surface area contributed by atoms with Gasteiger partial charge in [-0.3, -0.25) is 4.79 Å². The molecule has 0 aromatic rings. The molecular formula is C7H12N4O2. The fraction of sp³-hybridized carbons (Fsp3) is 0.857. The maximum atomic E-state index is 11.1. The van der Waals surface area contributed by atoms with Gasteiger partial charge in [0, 0.05) is 24.2 Å². The minimum absolute atomic E-state index is 0.117. The number of ether oxygens (including phenoxy) is 1. The molecule has 0 saturated carbocycles. The molecular weight excluding hydrogens is 172 g/mol. The van der Waals surface area contributed by atoms with Crippen molar-refractivity contribution in [3.8, 4) is 0 Å². The fourth-order valence-corrected chi connectivity index (χ4v) is 1.21. The van der Waals surface area contributed by atoms with Crippen molar-refractivity contribution < 1.29 is 9.53 Å². The Morgan fingerprint density at radius 1 is 1.62 bits per heavy atom. The van der Waals surface area contributed by atoms with Crippen LogP contribution in [0.5, 0.6) is 0 Å². The minimum Gasteiger partial charge on any atom is -0.381 e. The molecule has 1 heterocycles. The molecule has 1 amide bonds. The average molecular weight is 184 g/mol. The Balaban J connectivity index is 2.21. The Labute approximate surface area is 75.9 Å². The van der Waals surface area contributed by atoms with Crippen LogP contribution in [0, 0.1) is 0 Å². The molecule has 0 unspecified atom stereocenters. The number of nitrogens with zero attached hydrogens (tertiary/aromatic N) is 3. The fourth-order valence-electron chi connectivity index (χ4n) is 1.21. The molecule has 0 aliphatic carbocycles. The van der Waals surface area contributed by atoms with E-state index >= 15 is 0 Å². The van der Waals surface area contributed by atoms with E-state index in [0.717, 1.165) is 12.8 Å². The molecule has 1 fully saturated rings. The van der Waals surface area contributed by atoms with E-state index in [0.29, 0.717) is 13.2 Å². The summed E-state index contributed by atoms with van der Waals surface area (Å²) in [7, 11) is 0. The van der Waals surface area contributed by atoms with Crippen molar-refractivity contribution in [2.24, 2.45) is 5.11 Å². The summed E-state index contributed by atoms with van der Waals surface area (Å²) in [6.45, 7) is 1.26. The van der Waals surface area contributed by atoms with E-state index in [9.17, 15) is 4.79 Å². The molecule has 0 bridgehead atoms. The van der Waals surface area contributed by atoms with Gasteiger partial charge in [-0.05, 0) is 18.4 Å². The van der Waals surface area contributed by atoms with Crippen molar-refractivity contribution >= 4 is 5.91 Å². The quantitative estimate of drug-likeness (QED) is 0.395. The van der Waals surface area contributed by atoms with Gasteiger partial charge in [0.1, 0.15) is 6.54 Å². The van der Waals surface area contributed by atoms with Crippen molar-refractivity contribution in [1.82, 2.24) is 5.32 Å². The van der Waals surface area contributed by atoms with Gasteiger partial charge in [-0.25, -0.2) is 0 Å². The summed E-state index contributed by atoms with van der Waals surface area (Å²) < 4.78 is 5.13. The van der Waals surface area contributed by atoms with Crippen molar-refractivity contribution in [2.75, 3.05) is 19.8 Å². The van der Waals surface area contributed by atoms with Crippen molar-refractivity contribution in [3.05, 3.63) is 10.4 Å². The largest absolute Gasteiger partial charge is 0.381 e. The molecule has 0 spiro atoms. The monoisotopic (exact) mass is 184 g/mol. The predicted octanol–water partition coefficient (Wildman–Crippen LogP) is 0.592. The normalized spacial score (nSPS) is 17.5. The average Bonchev–Trinajstić information content (AvgIpc) is 2.16. The second-order valence-corrected chi connectivity index (χ2v) is 2.84. The number of hydrogen-bond donors (Lipinski definition) is 1. The van der Waals surface area contributed by atoms with Gasteiger partial charge in [-0.1, -0.05) is 5.11 Å². The molecule has 0 aromatic heterocycles. The molecule has 1 aliphatic heterocycles. The summed E-state index contributed by atoms with van der Waals surface area (Å²) in [6.07, 6.45) is 1.67. The molecule has 1 rings (SSSR count). The molecule has 1 saturated heterocycles. The Morgan fingerprint density at radius 3 is 2.92 bits per heavy atom. The predicted molar refractivity (Wildman–Crippen MR) is 46.0 cm³/mol. The highest BCUT2D eigenvalue weighted by atomic mass is 16.5. The van der Waals surface area contributed by atoms with Crippen LogP contribution in [0.15, 0.2) is 5.11 Å². The van der Waals surface area contributed by atoms with E-state index < -0.39 is 0 Å². The Bertz CT molecular complexity index is 219. The van der Waals surface area contributed by atoms with Crippen LogP contribution < -0.4 is 5.32 Å².